The minimum atomic E-state index is 0.0116. The average molecular weight is 302 g/mol. The minimum Gasteiger partial charge on any atom is -0.370 e. The van der Waals surface area contributed by atoms with Crippen molar-refractivity contribution in [2.45, 2.75) is 46.2 Å². The van der Waals surface area contributed by atoms with E-state index in [0.717, 1.165) is 26.1 Å². The molecule has 0 saturated heterocycles. The maximum Gasteiger partial charge on any atom is 0.188 e. The van der Waals surface area contributed by atoms with Crippen LogP contribution in [0.4, 0.5) is 0 Å². The number of benzene rings is 1. The molecule has 122 valence electrons. The number of hydrogen-bond donors (Lipinski definition) is 2. The second-order valence-electron chi connectivity index (χ2n) is 7.23. The molecule has 4 nitrogen and oxygen atoms in total. The van der Waals surface area contributed by atoms with E-state index in [0.29, 0.717) is 18.4 Å². The molecule has 0 bridgehead atoms. The molecule has 0 fully saturated rings. The summed E-state index contributed by atoms with van der Waals surface area (Å²) in [4.78, 5) is 7.05. The van der Waals surface area contributed by atoms with E-state index in [1.165, 1.54) is 11.1 Å². The molecule has 0 saturated carbocycles. The van der Waals surface area contributed by atoms with Gasteiger partial charge in [-0.15, -0.1) is 0 Å². The highest BCUT2D eigenvalue weighted by Gasteiger charge is 2.29. The molecule has 0 radical (unpaired) electrons. The first-order chi connectivity index (χ1) is 10.4. The van der Waals surface area contributed by atoms with Gasteiger partial charge in [0, 0.05) is 25.2 Å². The zero-order valence-electron chi connectivity index (χ0n) is 14.4. The lowest BCUT2D eigenvalue weighted by Crippen LogP contribution is -2.49. The third kappa shape index (κ3) is 4.47. The van der Waals surface area contributed by atoms with Crippen molar-refractivity contribution in [1.29, 1.82) is 0 Å². The van der Waals surface area contributed by atoms with Crippen LogP contribution in [0.1, 0.15) is 38.8 Å². The van der Waals surface area contributed by atoms with Crippen molar-refractivity contribution in [2.75, 3.05) is 19.6 Å². The first-order valence-corrected chi connectivity index (χ1v) is 8.24. The summed E-state index contributed by atoms with van der Waals surface area (Å²) in [5.41, 5.74) is 8.89. The van der Waals surface area contributed by atoms with Gasteiger partial charge < -0.3 is 11.1 Å². The monoisotopic (exact) mass is 302 g/mol. The molecule has 1 heterocycles. The highest BCUT2D eigenvalue weighted by atomic mass is 15.2. The number of hydrogen-bond acceptors (Lipinski definition) is 2. The van der Waals surface area contributed by atoms with Gasteiger partial charge in [0.1, 0.15) is 0 Å². The Morgan fingerprint density at radius 3 is 2.68 bits per heavy atom. The summed E-state index contributed by atoms with van der Waals surface area (Å²) < 4.78 is 0. The third-order valence-corrected chi connectivity index (χ3v) is 4.31. The Morgan fingerprint density at radius 2 is 2.00 bits per heavy atom. The molecule has 0 amide bonds. The topological polar surface area (TPSA) is 53.6 Å². The van der Waals surface area contributed by atoms with Crippen LogP contribution in [-0.2, 0) is 13.0 Å². The van der Waals surface area contributed by atoms with E-state index in [2.05, 4.69) is 67.2 Å². The van der Waals surface area contributed by atoms with Crippen molar-refractivity contribution in [3.8, 4) is 0 Å². The summed E-state index contributed by atoms with van der Waals surface area (Å²) in [5, 5.41) is 3.18. The third-order valence-electron chi connectivity index (χ3n) is 4.31. The van der Waals surface area contributed by atoms with Crippen molar-refractivity contribution in [3.63, 3.8) is 0 Å². The number of fused-ring (bicyclic) bond motifs is 1. The van der Waals surface area contributed by atoms with Crippen LogP contribution in [0.25, 0.3) is 0 Å². The van der Waals surface area contributed by atoms with E-state index in [-0.39, 0.29) is 5.54 Å². The predicted octanol–water partition coefficient (Wildman–Crippen LogP) is 2.38. The van der Waals surface area contributed by atoms with Crippen LogP contribution in [0.2, 0.25) is 0 Å². The van der Waals surface area contributed by atoms with E-state index in [9.17, 15) is 0 Å². The first kappa shape index (κ1) is 16.8. The van der Waals surface area contributed by atoms with Gasteiger partial charge in [0.25, 0.3) is 0 Å². The minimum absolute atomic E-state index is 0.0116. The second-order valence-corrected chi connectivity index (χ2v) is 7.23. The van der Waals surface area contributed by atoms with Gasteiger partial charge in [0.2, 0.25) is 0 Å². The molecule has 1 aromatic rings. The van der Waals surface area contributed by atoms with Crippen LogP contribution in [0.5, 0.6) is 0 Å². The number of nitrogens with two attached hydrogens (primary N) is 1. The highest BCUT2D eigenvalue weighted by molar-refractivity contribution is 5.77. The molecule has 0 aliphatic carbocycles. The Morgan fingerprint density at radius 1 is 1.32 bits per heavy atom. The van der Waals surface area contributed by atoms with Gasteiger partial charge >= 0.3 is 0 Å². The van der Waals surface area contributed by atoms with Crippen LogP contribution >= 0.6 is 0 Å². The molecule has 0 spiro atoms. The number of rotatable bonds is 5. The molecule has 22 heavy (non-hydrogen) atoms. The fourth-order valence-corrected chi connectivity index (χ4v) is 2.76. The van der Waals surface area contributed by atoms with Gasteiger partial charge in [-0.2, -0.15) is 0 Å². The number of guanidine groups is 1. The van der Waals surface area contributed by atoms with E-state index >= 15 is 0 Å². The van der Waals surface area contributed by atoms with Gasteiger partial charge in [-0.05, 0) is 37.3 Å². The SMILES string of the molecule is CC(C)CNC(N)=NCC(C)(C)N1CCc2ccccc2C1. The summed E-state index contributed by atoms with van der Waals surface area (Å²) in [6.45, 7) is 12.5. The molecule has 1 aliphatic heterocycles. The van der Waals surface area contributed by atoms with Crippen molar-refractivity contribution in [2.24, 2.45) is 16.6 Å². The Labute approximate surface area is 134 Å². The van der Waals surface area contributed by atoms with E-state index in [4.69, 9.17) is 5.73 Å². The van der Waals surface area contributed by atoms with Crippen LogP contribution in [0.15, 0.2) is 29.3 Å². The second kappa shape index (κ2) is 7.14. The first-order valence-electron chi connectivity index (χ1n) is 8.24. The lowest BCUT2D eigenvalue weighted by atomic mass is 9.94. The Kier molecular flexibility index (Phi) is 5.46. The highest BCUT2D eigenvalue weighted by Crippen LogP contribution is 2.25. The fraction of sp³-hybridized carbons (Fsp3) is 0.611. The molecular weight excluding hydrogens is 272 g/mol. The van der Waals surface area contributed by atoms with Crippen molar-refractivity contribution in [3.05, 3.63) is 35.4 Å². The van der Waals surface area contributed by atoms with Crippen LogP contribution < -0.4 is 11.1 Å². The summed E-state index contributed by atoms with van der Waals surface area (Å²) in [6.07, 6.45) is 1.12. The van der Waals surface area contributed by atoms with Crippen molar-refractivity contribution < 1.29 is 0 Å². The zero-order valence-corrected chi connectivity index (χ0v) is 14.4. The van der Waals surface area contributed by atoms with Crippen LogP contribution in [-0.4, -0.2) is 36.0 Å². The lowest BCUT2D eigenvalue weighted by molar-refractivity contribution is 0.112. The van der Waals surface area contributed by atoms with Gasteiger partial charge in [-0.3, -0.25) is 9.89 Å². The molecule has 1 aromatic carbocycles. The molecule has 4 heteroatoms. The zero-order chi connectivity index (χ0) is 16.2. The number of aliphatic imine (C=N–C) groups is 1. The summed E-state index contributed by atoms with van der Waals surface area (Å²) in [7, 11) is 0. The van der Waals surface area contributed by atoms with Gasteiger partial charge in [-0.1, -0.05) is 38.1 Å². The summed E-state index contributed by atoms with van der Waals surface area (Å²) in [6, 6.07) is 8.73. The molecule has 2 rings (SSSR count). The van der Waals surface area contributed by atoms with Gasteiger partial charge in [0.05, 0.1) is 6.54 Å². The predicted molar refractivity (Wildman–Crippen MR) is 94.0 cm³/mol. The van der Waals surface area contributed by atoms with Crippen LogP contribution in [0, 0.1) is 5.92 Å². The fourth-order valence-electron chi connectivity index (χ4n) is 2.76. The Balaban J connectivity index is 1.95. The Hall–Kier alpha value is -1.55. The van der Waals surface area contributed by atoms with Gasteiger partial charge in [-0.25, -0.2) is 0 Å². The molecule has 0 atom stereocenters. The molecule has 1 aliphatic rings. The smallest absolute Gasteiger partial charge is 0.188 e. The largest absolute Gasteiger partial charge is 0.370 e. The number of nitrogens with one attached hydrogen (secondary N) is 1. The molecule has 0 unspecified atom stereocenters. The maximum atomic E-state index is 5.96. The van der Waals surface area contributed by atoms with E-state index < -0.39 is 0 Å². The molecule has 3 N–H and O–H groups in total. The quantitative estimate of drug-likeness (QED) is 0.648. The summed E-state index contributed by atoms with van der Waals surface area (Å²) in [5.74, 6) is 1.12. The maximum absolute atomic E-state index is 5.96. The molecular formula is C18H30N4. The molecule has 0 aromatic heterocycles. The van der Waals surface area contributed by atoms with Crippen LogP contribution in [0.3, 0.4) is 0 Å². The normalized spacial score (nSPS) is 16.7. The van der Waals surface area contributed by atoms with E-state index in [1.54, 1.807) is 0 Å². The lowest BCUT2D eigenvalue weighted by Gasteiger charge is -2.40. The van der Waals surface area contributed by atoms with Gasteiger partial charge in [0.15, 0.2) is 5.96 Å². The van der Waals surface area contributed by atoms with Crippen molar-refractivity contribution in [1.82, 2.24) is 10.2 Å². The Bertz CT molecular complexity index is 520. The van der Waals surface area contributed by atoms with E-state index in [1.807, 2.05) is 0 Å². The average Bonchev–Trinajstić information content (AvgIpc) is 2.50. The number of nitrogens with zero attached hydrogens (tertiary/aromatic N) is 2. The van der Waals surface area contributed by atoms with Crippen molar-refractivity contribution >= 4 is 5.96 Å². The summed E-state index contributed by atoms with van der Waals surface area (Å²) >= 11 is 0. The standard InChI is InChI=1S/C18H30N4/c1-14(2)11-20-17(19)21-13-18(3,4)22-10-9-15-7-5-6-8-16(15)12-22/h5-8,14H,9-13H2,1-4H3,(H3,19,20,21).